The molecule has 78 valence electrons. The second kappa shape index (κ2) is 3.96. The van der Waals surface area contributed by atoms with Gasteiger partial charge in [0.2, 0.25) is 0 Å². The van der Waals surface area contributed by atoms with E-state index in [1.54, 1.807) is 18.2 Å². The lowest BCUT2D eigenvalue weighted by Crippen LogP contribution is -1.95. The highest BCUT2D eigenvalue weighted by Crippen LogP contribution is 2.27. The summed E-state index contributed by atoms with van der Waals surface area (Å²) < 4.78 is 0. The highest BCUT2D eigenvalue weighted by atomic mass is 32.2. The lowest BCUT2D eigenvalue weighted by atomic mass is 10.1. The Morgan fingerprint density at radius 3 is 3.00 bits per heavy atom. The second-order valence-corrected chi connectivity index (χ2v) is 4.09. The van der Waals surface area contributed by atoms with E-state index < -0.39 is 5.97 Å². The van der Waals surface area contributed by atoms with Crippen molar-refractivity contribution in [3.05, 3.63) is 30.0 Å². The summed E-state index contributed by atoms with van der Waals surface area (Å²) in [6.45, 7) is 0. The van der Waals surface area contributed by atoms with E-state index in [2.05, 4.69) is 4.98 Å². The monoisotopic (exact) mass is 222 g/mol. The largest absolute Gasteiger partial charge is 0.478 e. The van der Waals surface area contributed by atoms with Crippen molar-refractivity contribution in [2.45, 2.75) is 4.90 Å². The Labute approximate surface area is 90.5 Å². The van der Waals surface area contributed by atoms with Crippen molar-refractivity contribution in [3.63, 3.8) is 0 Å². The number of fused-ring (bicyclic) bond motifs is 1. The smallest absolute Gasteiger partial charge is 0.335 e. The van der Waals surface area contributed by atoms with E-state index in [-0.39, 0.29) is 0 Å². The molecule has 1 aromatic heterocycles. The van der Waals surface area contributed by atoms with Gasteiger partial charge in [0.15, 0.2) is 0 Å². The molecule has 2 aromatic rings. The first-order chi connectivity index (χ1) is 7.22. The van der Waals surface area contributed by atoms with Crippen molar-refractivity contribution in [1.29, 1.82) is 0 Å². The van der Waals surface area contributed by atoms with Gasteiger partial charge in [-0.1, -0.05) is 0 Å². The number of hydrogen-bond donors (Lipinski definition) is 3. The fraction of sp³-hybridized carbons (Fsp3) is 0.100. The third-order valence-corrected chi connectivity index (χ3v) is 2.95. The fourth-order valence-corrected chi connectivity index (χ4v) is 2.08. The van der Waals surface area contributed by atoms with Crippen molar-refractivity contribution in [2.24, 2.45) is 5.73 Å². The van der Waals surface area contributed by atoms with Gasteiger partial charge in [0, 0.05) is 27.9 Å². The van der Waals surface area contributed by atoms with Gasteiger partial charge in [0.25, 0.3) is 0 Å². The van der Waals surface area contributed by atoms with Crippen molar-refractivity contribution in [3.8, 4) is 0 Å². The van der Waals surface area contributed by atoms with Crippen molar-refractivity contribution in [1.82, 2.24) is 4.98 Å². The fourth-order valence-electron chi connectivity index (χ4n) is 1.44. The molecule has 0 aliphatic heterocycles. The van der Waals surface area contributed by atoms with Gasteiger partial charge in [0.05, 0.1) is 5.56 Å². The zero-order chi connectivity index (χ0) is 10.8. The predicted molar refractivity (Wildman–Crippen MR) is 60.2 cm³/mol. The number of carboxylic acids is 1. The van der Waals surface area contributed by atoms with Crippen LogP contribution in [0.25, 0.3) is 10.9 Å². The molecule has 15 heavy (non-hydrogen) atoms. The Hall–Kier alpha value is -1.46. The summed E-state index contributed by atoms with van der Waals surface area (Å²) in [7, 11) is 0. The maximum atomic E-state index is 10.8. The molecular weight excluding hydrogens is 212 g/mol. The summed E-state index contributed by atoms with van der Waals surface area (Å²) in [5, 5.41) is 9.77. The van der Waals surface area contributed by atoms with E-state index in [0.717, 1.165) is 15.8 Å². The van der Waals surface area contributed by atoms with Crippen LogP contribution in [0.4, 0.5) is 0 Å². The summed E-state index contributed by atoms with van der Waals surface area (Å²) in [5.41, 5.74) is 6.66. The van der Waals surface area contributed by atoms with E-state index in [1.807, 2.05) is 6.20 Å². The third kappa shape index (κ3) is 1.84. The van der Waals surface area contributed by atoms with E-state index in [1.165, 1.54) is 11.8 Å². The average molecular weight is 222 g/mol. The maximum absolute atomic E-state index is 10.8. The SMILES string of the molecule is NCSc1c[nH]c2ccc(C(=O)O)cc12. The first kappa shape index (κ1) is 10.1. The van der Waals surface area contributed by atoms with Crippen LogP contribution in [0.2, 0.25) is 0 Å². The standard InChI is InChI=1S/C10H10N2O2S/c11-5-15-9-4-12-8-2-1-6(10(13)14)3-7(8)9/h1-4,12H,5,11H2,(H,13,14). The van der Waals surface area contributed by atoms with E-state index in [4.69, 9.17) is 10.8 Å². The van der Waals surface area contributed by atoms with Crippen molar-refractivity contribution in [2.75, 3.05) is 5.88 Å². The normalized spacial score (nSPS) is 10.7. The van der Waals surface area contributed by atoms with Gasteiger partial charge < -0.3 is 15.8 Å². The first-order valence-corrected chi connectivity index (χ1v) is 5.38. The van der Waals surface area contributed by atoms with Crippen LogP contribution < -0.4 is 5.73 Å². The van der Waals surface area contributed by atoms with Crippen LogP contribution in [0.3, 0.4) is 0 Å². The second-order valence-electron chi connectivity index (χ2n) is 3.03. The molecule has 0 bridgehead atoms. The molecule has 2 rings (SSSR count). The molecule has 0 spiro atoms. The molecular formula is C10H10N2O2S. The van der Waals surface area contributed by atoms with Gasteiger partial charge in [-0.15, -0.1) is 11.8 Å². The number of hydrogen-bond acceptors (Lipinski definition) is 3. The Morgan fingerprint density at radius 2 is 2.33 bits per heavy atom. The number of aromatic nitrogens is 1. The summed E-state index contributed by atoms with van der Waals surface area (Å²) in [6, 6.07) is 5.00. The molecule has 1 heterocycles. The lowest BCUT2D eigenvalue weighted by molar-refractivity contribution is 0.0697. The van der Waals surface area contributed by atoms with Crippen LogP contribution >= 0.6 is 11.8 Å². The van der Waals surface area contributed by atoms with Crippen LogP contribution in [-0.2, 0) is 0 Å². The number of aromatic amines is 1. The first-order valence-electron chi connectivity index (χ1n) is 4.39. The molecule has 0 radical (unpaired) electrons. The minimum atomic E-state index is -0.915. The van der Waals surface area contributed by atoms with Gasteiger partial charge in [0.1, 0.15) is 0 Å². The van der Waals surface area contributed by atoms with Crippen LogP contribution in [0.5, 0.6) is 0 Å². The Kier molecular flexibility index (Phi) is 2.66. The molecule has 5 heteroatoms. The summed E-state index contributed by atoms with van der Waals surface area (Å²) in [5.74, 6) is -0.439. The summed E-state index contributed by atoms with van der Waals surface area (Å²) >= 11 is 1.49. The molecule has 0 aliphatic rings. The number of carboxylic acid groups (broad SMARTS) is 1. The number of carbonyl (C=O) groups is 1. The number of thioether (sulfide) groups is 1. The van der Waals surface area contributed by atoms with Crippen molar-refractivity contribution >= 4 is 28.6 Å². The molecule has 1 aromatic carbocycles. The molecule has 4 N–H and O–H groups in total. The van der Waals surface area contributed by atoms with Crippen LogP contribution in [0, 0.1) is 0 Å². The minimum Gasteiger partial charge on any atom is -0.478 e. The van der Waals surface area contributed by atoms with Gasteiger partial charge in [-0.3, -0.25) is 0 Å². The highest BCUT2D eigenvalue weighted by molar-refractivity contribution is 7.99. The Morgan fingerprint density at radius 1 is 1.53 bits per heavy atom. The summed E-state index contributed by atoms with van der Waals surface area (Å²) in [6.07, 6.45) is 1.84. The number of H-pyrrole nitrogens is 1. The number of benzene rings is 1. The van der Waals surface area contributed by atoms with Gasteiger partial charge in [-0.25, -0.2) is 4.79 Å². The van der Waals surface area contributed by atoms with Gasteiger partial charge >= 0.3 is 5.97 Å². The van der Waals surface area contributed by atoms with Crippen LogP contribution in [0.1, 0.15) is 10.4 Å². The number of aromatic carboxylic acids is 1. The topological polar surface area (TPSA) is 79.1 Å². The highest BCUT2D eigenvalue weighted by Gasteiger charge is 2.07. The Bertz CT molecular complexity index is 507. The maximum Gasteiger partial charge on any atom is 0.335 e. The van der Waals surface area contributed by atoms with E-state index >= 15 is 0 Å². The minimum absolute atomic E-state index is 0.293. The molecule has 0 saturated heterocycles. The lowest BCUT2D eigenvalue weighted by Gasteiger charge is -1.97. The summed E-state index contributed by atoms with van der Waals surface area (Å²) in [4.78, 5) is 14.8. The molecule has 0 atom stereocenters. The van der Waals surface area contributed by atoms with Gasteiger partial charge in [-0.2, -0.15) is 0 Å². The molecule has 0 aliphatic carbocycles. The number of rotatable bonds is 3. The predicted octanol–water partition coefficient (Wildman–Crippen LogP) is 1.87. The number of nitrogens with two attached hydrogens (primary N) is 1. The Balaban J connectivity index is 2.56. The molecule has 4 nitrogen and oxygen atoms in total. The number of nitrogens with one attached hydrogen (secondary N) is 1. The molecule has 0 unspecified atom stereocenters. The zero-order valence-electron chi connectivity index (χ0n) is 7.86. The van der Waals surface area contributed by atoms with Gasteiger partial charge in [-0.05, 0) is 18.2 Å². The van der Waals surface area contributed by atoms with E-state index in [9.17, 15) is 4.79 Å². The van der Waals surface area contributed by atoms with Crippen molar-refractivity contribution < 1.29 is 9.90 Å². The quantitative estimate of drug-likeness (QED) is 0.547. The third-order valence-electron chi connectivity index (χ3n) is 2.13. The average Bonchev–Trinajstić information content (AvgIpc) is 2.61. The van der Waals surface area contributed by atoms with Crippen LogP contribution in [-0.4, -0.2) is 21.9 Å². The van der Waals surface area contributed by atoms with Crippen LogP contribution in [0.15, 0.2) is 29.3 Å². The van der Waals surface area contributed by atoms with E-state index in [0.29, 0.717) is 11.4 Å². The zero-order valence-corrected chi connectivity index (χ0v) is 8.67. The molecule has 0 fully saturated rings. The molecule has 0 saturated carbocycles. The molecule has 0 amide bonds.